The van der Waals surface area contributed by atoms with Crippen LogP contribution in [0, 0.1) is 5.82 Å². The fourth-order valence-electron chi connectivity index (χ4n) is 4.57. The molecule has 1 atom stereocenters. The summed E-state index contributed by atoms with van der Waals surface area (Å²) in [6.07, 6.45) is 0.222. The maximum Gasteiger partial charge on any atom is 0.264 e. The number of anilines is 1. The van der Waals surface area contributed by atoms with E-state index in [2.05, 4.69) is 5.32 Å². The molecule has 42 heavy (non-hydrogen) atoms. The summed E-state index contributed by atoms with van der Waals surface area (Å²) >= 11 is 0. The van der Waals surface area contributed by atoms with Crippen molar-refractivity contribution < 1.29 is 22.4 Å². The highest BCUT2D eigenvalue weighted by atomic mass is 32.2. The molecule has 4 aromatic rings. The van der Waals surface area contributed by atoms with E-state index >= 15 is 0 Å². The van der Waals surface area contributed by atoms with Crippen LogP contribution in [0.2, 0.25) is 0 Å². The van der Waals surface area contributed by atoms with Crippen LogP contribution in [0.1, 0.15) is 25.0 Å². The summed E-state index contributed by atoms with van der Waals surface area (Å²) in [6.45, 7) is 3.15. The number of nitrogens with one attached hydrogen (secondary N) is 1. The number of benzene rings is 4. The lowest BCUT2D eigenvalue weighted by atomic mass is 10.0. The molecular weight excluding hydrogens is 553 g/mol. The van der Waals surface area contributed by atoms with Gasteiger partial charge in [-0.2, -0.15) is 0 Å². The zero-order chi connectivity index (χ0) is 30.1. The van der Waals surface area contributed by atoms with Gasteiger partial charge in [-0.3, -0.25) is 13.9 Å². The van der Waals surface area contributed by atoms with Crippen LogP contribution in [-0.4, -0.2) is 43.8 Å². The third-order valence-electron chi connectivity index (χ3n) is 6.62. The second-order valence-electron chi connectivity index (χ2n) is 10.2. The Hall–Kier alpha value is -4.50. The number of sulfonamides is 1. The molecule has 4 rings (SSSR count). The Kier molecular flexibility index (Phi) is 10.1. The molecule has 1 N–H and O–H groups in total. The number of nitrogens with zero attached hydrogens (tertiary/aromatic N) is 2. The Labute approximate surface area is 246 Å². The monoisotopic (exact) mass is 587 g/mol. The lowest BCUT2D eigenvalue weighted by Gasteiger charge is -2.34. The molecule has 0 saturated heterocycles. The Morgan fingerprint density at radius 1 is 0.762 bits per heavy atom. The Bertz CT molecular complexity index is 1570. The third-order valence-corrected chi connectivity index (χ3v) is 8.41. The maximum absolute atomic E-state index is 14.3. The molecule has 0 heterocycles. The molecule has 0 saturated carbocycles. The predicted molar refractivity (Wildman–Crippen MR) is 162 cm³/mol. The number of amides is 2. The molecule has 9 heteroatoms. The molecule has 0 aliphatic heterocycles. The first-order valence-electron chi connectivity index (χ1n) is 13.7. The van der Waals surface area contributed by atoms with E-state index < -0.39 is 34.3 Å². The van der Waals surface area contributed by atoms with E-state index in [1.165, 1.54) is 29.2 Å². The summed E-state index contributed by atoms with van der Waals surface area (Å²) in [5.41, 5.74) is 1.75. The molecule has 0 fully saturated rings. The second kappa shape index (κ2) is 13.9. The minimum absolute atomic E-state index is 0.0184. The van der Waals surface area contributed by atoms with Crippen molar-refractivity contribution in [2.45, 2.75) is 43.8 Å². The number of carbonyl (C=O) groups excluding carboxylic acids is 2. The minimum Gasteiger partial charge on any atom is -0.352 e. The van der Waals surface area contributed by atoms with Crippen molar-refractivity contribution in [2.75, 3.05) is 10.8 Å². The average Bonchev–Trinajstić information content (AvgIpc) is 2.99. The smallest absolute Gasteiger partial charge is 0.264 e. The van der Waals surface area contributed by atoms with E-state index in [9.17, 15) is 22.4 Å². The number of carbonyl (C=O) groups is 2. The zero-order valence-corrected chi connectivity index (χ0v) is 24.4. The Morgan fingerprint density at radius 2 is 1.29 bits per heavy atom. The van der Waals surface area contributed by atoms with Crippen LogP contribution in [0.25, 0.3) is 0 Å². The van der Waals surface area contributed by atoms with Gasteiger partial charge >= 0.3 is 0 Å². The summed E-state index contributed by atoms with van der Waals surface area (Å²) in [7, 11) is -4.23. The van der Waals surface area contributed by atoms with Gasteiger partial charge in [0.25, 0.3) is 10.0 Å². The summed E-state index contributed by atoms with van der Waals surface area (Å²) < 4.78 is 42.5. The number of hydrogen-bond acceptors (Lipinski definition) is 4. The summed E-state index contributed by atoms with van der Waals surface area (Å²) in [5.74, 6) is -1.47. The fraction of sp³-hybridized carbons (Fsp3) is 0.212. The topological polar surface area (TPSA) is 86.8 Å². The van der Waals surface area contributed by atoms with Crippen LogP contribution in [0.3, 0.4) is 0 Å². The van der Waals surface area contributed by atoms with Crippen LogP contribution in [0.4, 0.5) is 10.1 Å². The number of rotatable bonds is 12. The van der Waals surface area contributed by atoms with Gasteiger partial charge in [0, 0.05) is 19.0 Å². The lowest BCUT2D eigenvalue weighted by Crippen LogP contribution is -2.54. The highest BCUT2D eigenvalue weighted by molar-refractivity contribution is 7.92. The predicted octanol–water partition coefficient (Wildman–Crippen LogP) is 5.19. The molecule has 4 aromatic carbocycles. The third kappa shape index (κ3) is 7.82. The first-order valence-corrected chi connectivity index (χ1v) is 15.1. The van der Waals surface area contributed by atoms with Crippen LogP contribution in [-0.2, 0) is 32.6 Å². The standard InChI is InChI=1S/C33H34FN3O4S/c1-25(2)35-33(39)31(22-26-12-6-3-7-13-26)36(23-27-14-8-4-9-15-27)32(38)24-37(29-20-18-28(34)19-21-29)42(40,41)30-16-10-5-11-17-30/h3-21,25,31H,22-24H2,1-2H3,(H,35,39)/t31-/m0/s1. The van der Waals surface area contributed by atoms with E-state index in [-0.39, 0.29) is 35.5 Å². The highest BCUT2D eigenvalue weighted by Gasteiger charge is 2.34. The van der Waals surface area contributed by atoms with Crippen molar-refractivity contribution in [3.05, 3.63) is 132 Å². The van der Waals surface area contributed by atoms with E-state index in [4.69, 9.17) is 0 Å². The van der Waals surface area contributed by atoms with Crippen molar-refractivity contribution in [1.29, 1.82) is 0 Å². The minimum atomic E-state index is -4.23. The molecule has 218 valence electrons. The van der Waals surface area contributed by atoms with Gasteiger partial charge in [-0.15, -0.1) is 0 Å². The molecule has 0 spiro atoms. The largest absolute Gasteiger partial charge is 0.352 e. The molecule has 0 radical (unpaired) electrons. The lowest BCUT2D eigenvalue weighted by molar-refractivity contribution is -0.140. The summed E-state index contributed by atoms with van der Waals surface area (Å²) in [4.78, 5) is 29.3. The van der Waals surface area contributed by atoms with Crippen molar-refractivity contribution in [1.82, 2.24) is 10.2 Å². The van der Waals surface area contributed by atoms with Gasteiger partial charge in [0.1, 0.15) is 18.4 Å². The maximum atomic E-state index is 14.3. The van der Waals surface area contributed by atoms with E-state index in [1.807, 2.05) is 74.5 Å². The van der Waals surface area contributed by atoms with E-state index in [0.717, 1.165) is 27.6 Å². The zero-order valence-electron chi connectivity index (χ0n) is 23.6. The molecular formula is C33H34FN3O4S. The van der Waals surface area contributed by atoms with Crippen molar-refractivity contribution in [3.63, 3.8) is 0 Å². The van der Waals surface area contributed by atoms with Crippen LogP contribution in [0.5, 0.6) is 0 Å². The van der Waals surface area contributed by atoms with Gasteiger partial charge in [-0.1, -0.05) is 78.9 Å². The summed E-state index contributed by atoms with van der Waals surface area (Å²) in [6, 6.07) is 30.1. The first kappa shape index (κ1) is 30.5. The quantitative estimate of drug-likeness (QED) is 0.247. The highest BCUT2D eigenvalue weighted by Crippen LogP contribution is 2.25. The van der Waals surface area contributed by atoms with Gasteiger partial charge in [-0.05, 0) is 61.4 Å². The van der Waals surface area contributed by atoms with Gasteiger partial charge in [0.2, 0.25) is 11.8 Å². The number of hydrogen-bond donors (Lipinski definition) is 1. The van der Waals surface area contributed by atoms with Crippen LogP contribution in [0.15, 0.2) is 120 Å². The molecule has 7 nitrogen and oxygen atoms in total. The van der Waals surface area contributed by atoms with Crippen molar-refractivity contribution in [2.24, 2.45) is 0 Å². The van der Waals surface area contributed by atoms with Crippen molar-refractivity contribution in [3.8, 4) is 0 Å². The first-order chi connectivity index (χ1) is 20.1. The average molecular weight is 588 g/mol. The fourth-order valence-corrected chi connectivity index (χ4v) is 6.01. The molecule has 0 bridgehead atoms. The normalized spacial score (nSPS) is 12.0. The van der Waals surface area contributed by atoms with Crippen LogP contribution < -0.4 is 9.62 Å². The van der Waals surface area contributed by atoms with E-state index in [0.29, 0.717) is 0 Å². The molecule has 0 unspecified atom stereocenters. The van der Waals surface area contributed by atoms with Gasteiger partial charge in [0.05, 0.1) is 10.6 Å². The van der Waals surface area contributed by atoms with Gasteiger partial charge in [0.15, 0.2) is 0 Å². The van der Waals surface area contributed by atoms with Gasteiger partial charge < -0.3 is 10.2 Å². The van der Waals surface area contributed by atoms with Gasteiger partial charge in [-0.25, -0.2) is 12.8 Å². The van der Waals surface area contributed by atoms with E-state index in [1.54, 1.807) is 18.2 Å². The SMILES string of the molecule is CC(C)NC(=O)[C@H](Cc1ccccc1)N(Cc1ccccc1)C(=O)CN(c1ccc(F)cc1)S(=O)(=O)c1ccccc1. The Balaban J connectivity index is 1.78. The molecule has 0 aliphatic carbocycles. The van der Waals surface area contributed by atoms with Crippen molar-refractivity contribution >= 4 is 27.5 Å². The summed E-state index contributed by atoms with van der Waals surface area (Å²) in [5, 5.41) is 2.93. The Morgan fingerprint density at radius 3 is 1.83 bits per heavy atom. The molecule has 0 aromatic heterocycles. The number of halogens is 1. The second-order valence-corrected chi connectivity index (χ2v) is 12.0. The molecule has 0 aliphatic rings. The van der Waals surface area contributed by atoms with Crippen LogP contribution >= 0.6 is 0 Å². The molecule has 2 amide bonds.